The zero-order valence-corrected chi connectivity index (χ0v) is 11.2. The van der Waals surface area contributed by atoms with Crippen LogP contribution in [-0.4, -0.2) is 50.3 Å². The molecular formula is C11H22N2O3S. The van der Waals surface area contributed by atoms with Crippen LogP contribution in [0.25, 0.3) is 0 Å². The standard InChI is InChI=1S/C11H22N2O3S/c1-9-7-13(8-11(6-12)16-9)17(14,15)5-4-10-2-3-10/h9-11H,2-8,12H2,1H3. The molecule has 1 saturated heterocycles. The normalized spacial score (nSPS) is 31.6. The number of rotatable bonds is 5. The Hall–Kier alpha value is -0.170. The average molecular weight is 262 g/mol. The van der Waals surface area contributed by atoms with Crippen LogP contribution in [0.5, 0.6) is 0 Å². The van der Waals surface area contributed by atoms with Gasteiger partial charge < -0.3 is 10.5 Å². The van der Waals surface area contributed by atoms with Gasteiger partial charge in [-0.15, -0.1) is 0 Å². The summed E-state index contributed by atoms with van der Waals surface area (Å²) in [6.45, 7) is 3.14. The Labute approximate surface area is 103 Å². The number of hydrogen-bond acceptors (Lipinski definition) is 4. The lowest BCUT2D eigenvalue weighted by Gasteiger charge is -2.35. The van der Waals surface area contributed by atoms with Crippen molar-refractivity contribution in [3.63, 3.8) is 0 Å². The van der Waals surface area contributed by atoms with Crippen LogP contribution in [0.3, 0.4) is 0 Å². The molecule has 1 aliphatic heterocycles. The van der Waals surface area contributed by atoms with Crippen molar-refractivity contribution in [3.05, 3.63) is 0 Å². The molecule has 100 valence electrons. The van der Waals surface area contributed by atoms with Crippen molar-refractivity contribution in [1.29, 1.82) is 0 Å². The van der Waals surface area contributed by atoms with E-state index in [1.54, 1.807) is 4.31 Å². The van der Waals surface area contributed by atoms with Gasteiger partial charge in [-0.25, -0.2) is 8.42 Å². The molecule has 0 aromatic carbocycles. The lowest BCUT2D eigenvalue weighted by atomic mass is 10.2. The van der Waals surface area contributed by atoms with Gasteiger partial charge in [-0.3, -0.25) is 0 Å². The maximum Gasteiger partial charge on any atom is 0.214 e. The van der Waals surface area contributed by atoms with Crippen molar-refractivity contribution in [2.45, 2.75) is 38.4 Å². The highest BCUT2D eigenvalue weighted by Gasteiger charge is 2.33. The van der Waals surface area contributed by atoms with Gasteiger partial charge in [0.05, 0.1) is 18.0 Å². The molecule has 0 amide bonds. The third-order valence-corrected chi connectivity index (χ3v) is 5.27. The van der Waals surface area contributed by atoms with E-state index in [-0.39, 0.29) is 18.0 Å². The first-order chi connectivity index (χ1) is 8.01. The summed E-state index contributed by atoms with van der Waals surface area (Å²) in [6.07, 6.45) is 2.98. The van der Waals surface area contributed by atoms with Gasteiger partial charge in [0.2, 0.25) is 10.0 Å². The van der Waals surface area contributed by atoms with Crippen molar-refractivity contribution >= 4 is 10.0 Å². The molecule has 5 nitrogen and oxygen atoms in total. The van der Waals surface area contributed by atoms with Crippen molar-refractivity contribution in [2.24, 2.45) is 11.7 Å². The second-order valence-electron chi connectivity index (χ2n) is 5.17. The summed E-state index contributed by atoms with van der Waals surface area (Å²) in [7, 11) is -3.12. The Kier molecular flexibility index (Phi) is 4.07. The number of sulfonamides is 1. The second kappa shape index (κ2) is 5.22. The van der Waals surface area contributed by atoms with E-state index < -0.39 is 10.0 Å². The van der Waals surface area contributed by atoms with Gasteiger partial charge in [0.15, 0.2) is 0 Å². The fraction of sp³-hybridized carbons (Fsp3) is 1.00. The SMILES string of the molecule is CC1CN(S(=O)(=O)CCC2CC2)CC(CN)O1. The molecular weight excluding hydrogens is 240 g/mol. The van der Waals surface area contributed by atoms with Gasteiger partial charge in [0.25, 0.3) is 0 Å². The van der Waals surface area contributed by atoms with Crippen molar-refractivity contribution in [3.8, 4) is 0 Å². The Balaban J connectivity index is 1.93. The van der Waals surface area contributed by atoms with Crippen molar-refractivity contribution < 1.29 is 13.2 Å². The Morgan fingerprint density at radius 3 is 2.65 bits per heavy atom. The molecule has 17 heavy (non-hydrogen) atoms. The van der Waals surface area contributed by atoms with Gasteiger partial charge in [-0.2, -0.15) is 4.31 Å². The second-order valence-corrected chi connectivity index (χ2v) is 7.26. The fourth-order valence-electron chi connectivity index (χ4n) is 2.21. The van der Waals surface area contributed by atoms with E-state index in [4.69, 9.17) is 10.5 Å². The van der Waals surface area contributed by atoms with E-state index in [0.717, 1.165) is 6.42 Å². The summed E-state index contributed by atoms with van der Waals surface area (Å²) in [4.78, 5) is 0. The van der Waals surface area contributed by atoms with Gasteiger partial charge in [0, 0.05) is 19.6 Å². The molecule has 1 heterocycles. The molecule has 2 N–H and O–H groups in total. The smallest absolute Gasteiger partial charge is 0.214 e. The summed E-state index contributed by atoms with van der Waals surface area (Å²) in [5.74, 6) is 0.926. The molecule has 0 bridgehead atoms. The molecule has 2 atom stereocenters. The number of nitrogens with zero attached hydrogens (tertiary/aromatic N) is 1. The highest BCUT2D eigenvalue weighted by atomic mass is 32.2. The van der Waals surface area contributed by atoms with E-state index in [0.29, 0.717) is 25.6 Å². The maximum atomic E-state index is 12.2. The first-order valence-electron chi connectivity index (χ1n) is 6.34. The Morgan fingerprint density at radius 1 is 1.35 bits per heavy atom. The molecule has 2 unspecified atom stereocenters. The number of hydrogen-bond donors (Lipinski definition) is 1. The van der Waals surface area contributed by atoms with E-state index in [9.17, 15) is 8.42 Å². The quantitative estimate of drug-likeness (QED) is 0.766. The average Bonchev–Trinajstić information content (AvgIpc) is 3.09. The molecule has 0 radical (unpaired) electrons. The van der Waals surface area contributed by atoms with E-state index in [2.05, 4.69) is 0 Å². The lowest BCUT2D eigenvalue weighted by Crippen LogP contribution is -2.51. The summed E-state index contributed by atoms with van der Waals surface area (Å²) >= 11 is 0. The predicted molar refractivity (Wildman–Crippen MR) is 66.1 cm³/mol. The molecule has 1 saturated carbocycles. The molecule has 2 rings (SSSR count). The van der Waals surface area contributed by atoms with Gasteiger partial charge >= 0.3 is 0 Å². The zero-order chi connectivity index (χ0) is 12.5. The number of morpholine rings is 1. The molecule has 0 aromatic rings. The molecule has 2 aliphatic rings. The van der Waals surface area contributed by atoms with E-state index in [1.165, 1.54) is 12.8 Å². The van der Waals surface area contributed by atoms with Crippen LogP contribution in [0.15, 0.2) is 0 Å². The van der Waals surface area contributed by atoms with Gasteiger partial charge in [0.1, 0.15) is 0 Å². The van der Waals surface area contributed by atoms with Crippen LogP contribution in [0, 0.1) is 5.92 Å². The monoisotopic (exact) mass is 262 g/mol. The van der Waals surface area contributed by atoms with Gasteiger partial charge in [-0.05, 0) is 19.3 Å². The fourth-order valence-corrected chi connectivity index (χ4v) is 3.93. The molecule has 0 spiro atoms. The third kappa shape index (κ3) is 3.64. The van der Waals surface area contributed by atoms with Crippen LogP contribution in [0.1, 0.15) is 26.2 Å². The summed E-state index contributed by atoms with van der Waals surface area (Å²) in [6, 6.07) is 0. The summed E-state index contributed by atoms with van der Waals surface area (Å²) in [5.41, 5.74) is 5.56. The first kappa shape index (κ1) is 13.3. The van der Waals surface area contributed by atoms with Crippen LogP contribution in [0.2, 0.25) is 0 Å². The maximum absolute atomic E-state index is 12.2. The third-order valence-electron chi connectivity index (χ3n) is 3.43. The summed E-state index contributed by atoms with van der Waals surface area (Å²) < 4.78 is 31.4. The number of ether oxygens (including phenoxy) is 1. The first-order valence-corrected chi connectivity index (χ1v) is 7.95. The summed E-state index contributed by atoms with van der Waals surface area (Å²) in [5, 5.41) is 0. The van der Waals surface area contributed by atoms with Crippen LogP contribution in [-0.2, 0) is 14.8 Å². The number of nitrogens with two attached hydrogens (primary N) is 1. The molecule has 1 aliphatic carbocycles. The van der Waals surface area contributed by atoms with E-state index in [1.807, 2.05) is 6.92 Å². The van der Waals surface area contributed by atoms with E-state index >= 15 is 0 Å². The molecule has 6 heteroatoms. The Morgan fingerprint density at radius 2 is 2.06 bits per heavy atom. The molecule has 0 aromatic heterocycles. The van der Waals surface area contributed by atoms with Crippen LogP contribution < -0.4 is 5.73 Å². The van der Waals surface area contributed by atoms with Gasteiger partial charge in [-0.1, -0.05) is 12.8 Å². The largest absolute Gasteiger partial charge is 0.371 e. The minimum atomic E-state index is -3.12. The molecule has 2 fully saturated rings. The van der Waals surface area contributed by atoms with Crippen molar-refractivity contribution in [1.82, 2.24) is 4.31 Å². The lowest BCUT2D eigenvalue weighted by molar-refractivity contribution is -0.0486. The highest BCUT2D eigenvalue weighted by Crippen LogP contribution is 2.33. The highest BCUT2D eigenvalue weighted by molar-refractivity contribution is 7.89. The van der Waals surface area contributed by atoms with Crippen LogP contribution in [0.4, 0.5) is 0 Å². The predicted octanol–water partition coefficient (Wildman–Crippen LogP) is 0.164. The van der Waals surface area contributed by atoms with Crippen molar-refractivity contribution in [2.75, 3.05) is 25.4 Å². The van der Waals surface area contributed by atoms with Crippen LogP contribution >= 0.6 is 0 Å². The Bertz CT molecular complexity index is 354. The zero-order valence-electron chi connectivity index (χ0n) is 10.3. The topological polar surface area (TPSA) is 72.6 Å². The minimum absolute atomic E-state index is 0.0620. The minimum Gasteiger partial charge on any atom is -0.371 e.